The minimum Gasteiger partial charge on any atom is -0.0622 e. The van der Waals surface area contributed by atoms with Gasteiger partial charge in [0.1, 0.15) is 7.28 Å². The molecule has 1 heterocycles. The van der Waals surface area contributed by atoms with Crippen molar-refractivity contribution >= 4 is 7.28 Å². The molecule has 1 fully saturated rings. The molecular formula is C27H22B. The first-order chi connectivity index (χ1) is 13.8. The van der Waals surface area contributed by atoms with Gasteiger partial charge in [0.2, 0.25) is 0 Å². The third-order valence-corrected chi connectivity index (χ3v) is 6.21. The van der Waals surface area contributed by atoms with Crippen LogP contribution in [0.4, 0.5) is 0 Å². The molecule has 0 amide bonds. The van der Waals surface area contributed by atoms with Crippen molar-refractivity contribution in [3.63, 3.8) is 0 Å². The number of rotatable bonds is 4. The third-order valence-electron chi connectivity index (χ3n) is 6.21. The molecule has 5 rings (SSSR count). The molecule has 0 aliphatic carbocycles. The van der Waals surface area contributed by atoms with Crippen LogP contribution in [0, 0.1) is 0 Å². The Hall–Kier alpha value is -3.06. The second kappa shape index (κ2) is 6.84. The highest BCUT2D eigenvalue weighted by Gasteiger charge is 2.58. The van der Waals surface area contributed by atoms with Crippen LogP contribution in [-0.2, 0) is 10.6 Å². The molecule has 0 N–H and O–H groups in total. The molecule has 0 saturated carbocycles. The predicted molar refractivity (Wildman–Crippen MR) is 118 cm³/mol. The molecule has 1 radical (unpaired) electrons. The van der Waals surface area contributed by atoms with Crippen LogP contribution in [0.25, 0.3) is 0 Å². The van der Waals surface area contributed by atoms with E-state index in [1.54, 1.807) is 0 Å². The summed E-state index contributed by atoms with van der Waals surface area (Å²) in [6.45, 7) is 0. The minimum absolute atomic E-state index is 0.0752. The summed E-state index contributed by atoms with van der Waals surface area (Å²) in [7, 11) is 2.58. The maximum Gasteiger partial charge on any atom is 0.150 e. The SMILES string of the molecule is [B]1C(c2ccccc2)(c2ccccc2)CC1(c1ccccc1)c1ccccc1. The van der Waals surface area contributed by atoms with Gasteiger partial charge in [-0.2, -0.15) is 0 Å². The molecule has 1 saturated heterocycles. The Kier molecular flexibility index (Phi) is 4.17. The average molecular weight is 357 g/mol. The summed E-state index contributed by atoms with van der Waals surface area (Å²) in [6, 6.07) is 43.8. The molecule has 0 nitrogen and oxygen atoms in total. The minimum atomic E-state index is -0.0752. The molecule has 1 aliphatic heterocycles. The molecule has 4 aromatic rings. The van der Waals surface area contributed by atoms with Crippen molar-refractivity contribution in [1.29, 1.82) is 0 Å². The topological polar surface area (TPSA) is 0 Å². The lowest BCUT2D eigenvalue weighted by atomic mass is 9.19. The van der Waals surface area contributed by atoms with E-state index in [1.807, 2.05) is 0 Å². The lowest BCUT2D eigenvalue weighted by Crippen LogP contribution is -2.62. The van der Waals surface area contributed by atoms with Crippen molar-refractivity contribution < 1.29 is 0 Å². The van der Waals surface area contributed by atoms with Crippen LogP contribution in [0.2, 0.25) is 0 Å². The van der Waals surface area contributed by atoms with Crippen LogP contribution in [0.15, 0.2) is 121 Å². The van der Waals surface area contributed by atoms with E-state index in [0.29, 0.717) is 0 Å². The zero-order valence-electron chi connectivity index (χ0n) is 15.8. The number of hydrogen-bond donors (Lipinski definition) is 0. The number of hydrogen-bond acceptors (Lipinski definition) is 0. The van der Waals surface area contributed by atoms with Crippen molar-refractivity contribution in [3.8, 4) is 0 Å². The quantitative estimate of drug-likeness (QED) is 0.394. The highest BCUT2D eigenvalue weighted by Crippen LogP contribution is 2.56. The lowest BCUT2D eigenvalue weighted by Gasteiger charge is -2.57. The van der Waals surface area contributed by atoms with Crippen molar-refractivity contribution in [2.24, 2.45) is 0 Å². The first-order valence-corrected chi connectivity index (χ1v) is 9.93. The van der Waals surface area contributed by atoms with Crippen LogP contribution >= 0.6 is 0 Å². The van der Waals surface area contributed by atoms with E-state index >= 15 is 0 Å². The van der Waals surface area contributed by atoms with Crippen LogP contribution in [0.3, 0.4) is 0 Å². The standard InChI is InChI=1S/C27H22B/c1-5-13-22(14-6-1)26(23-15-7-2-8-16-23)21-27(28-26,24-17-9-3-10-18-24)25-19-11-4-12-20-25/h1-20H,21H2. The molecule has 133 valence electrons. The van der Waals surface area contributed by atoms with Crippen LogP contribution in [-0.4, -0.2) is 7.28 Å². The van der Waals surface area contributed by atoms with Crippen molar-refractivity contribution in [1.82, 2.24) is 0 Å². The Balaban J connectivity index is 1.67. The predicted octanol–water partition coefficient (Wildman–Crippen LogP) is 5.98. The fraction of sp³-hybridized carbons (Fsp3) is 0.111. The first-order valence-electron chi connectivity index (χ1n) is 9.93. The Morgan fingerprint density at radius 2 is 0.607 bits per heavy atom. The highest BCUT2D eigenvalue weighted by molar-refractivity contribution is 6.51. The fourth-order valence-corrected chi connectivity index (χ4v) is 4.85. The summed E-state index contributed by atoms with van der Waals surface area (Å²) in [4.78, 5) is 0. The van der Waals surface area contributed by atoms with E-state index in [0.717, 1.165) is 6.42 Å². The molecule has 1 aliphatic rings. The van der Waals surface area contributed by atoms with Gasteiger partial charge in [-0.3, -0.25) is 0 Å². The molecule has 1 heteroatoms. The second-order valence-corrected chi connectivity index (χ2v) is 7.73. The smallest absolute Gasteiger partial charge is 0.0622 e. The van der Waals surface area contributed by atoms with E-state index in [2.05, 4.69) is 129 Å². The Labute approximate surface area is 168 Å². The fourth-order valence-electron chi connectivity index (χ4n) is 4.85. The zero-order valence-corrected chi connectivity index (χ0v) is 15.8. The van der Waals surface area contributed by atoms with Gasteiger partial charge in [-0.1, -0.05) is 121 Å². The Morgan fingerprint density at radius 1 is 0.393 bits per heavy atom. The van der Waals surface area contributed by atoms with Crippen molar-refractivity contribution in [2.75, 3.05) is 0 Å². The largest absolute Gasteiger partial charge is 0.150 e. The molecule has 0 spiro atoms. The molecule has 0 bridgehead atoms. The maximum absolute atomic E-state index is 2.58. The molecule has 0 atom stereocenters. The Bertz CT molecular complexity index is 864. The van der Waals surface area contributed by atoms with Crippen molar-refractivity contribution in [3.05, 3.63) is 144 Å². The highest BCUT2D eigenvalue weighted by atomic mass is 14.5. The van der Waals surface area contributed by atoms with Gasteiger partial charge in [0, 0.05) is 0 Å². The van der Waals surface area contributed by atoms with Gasteiger partial charge >= 0.3 is 0 Å². The Morgan fingerprint density at radius 3 is 0.821 bits per heavy atom. The van der Waals surface area contributed by atoms with Gasteiger partial charge in [-0.05, 0) is 39.3 Å². The zero-order chi connectivity index (χ0) is 18.9. The molecule has 0 unspecified atom stereocenters. The normalized spacial score (nSPS) is 16.6. The monoisotopic (exact) mass is 357 g/mol. The summed E-state index contributed by atoms with van der Waals surface area (Å²) in [6.07, 6.45) is 1.03. The summed E-state index contributed by atoms with van der Waals surface area (Å²) in [5.41, 5.74) is 5.46. The second-order valence-electron chi connectivity index (χ2n) is 7.73. The molecule has 0 aromatic heterocycles. The molecule has 28 heavy (non-hydrogen) atoms. The van der Waals surface area contributed by atoms with Gasteiger partial charge in [0.25, 0.3) is 0 Å². The summed E-state index contributed by atoms with van der Waals surface area (Å²) < 4.78 is 0. The summed E-state index contributed by atoms with van der Waals surface area (Å²) in [5, 5.41) is -0.150. The van der Waals surface area contributed by atoms with Crippen molar-refractivity contribution in [2.45, 2.75) is 17.0 Å². The first kappa shape index (κ1) is 17.1. The van der Waals surface area contributed by atoms with E-state index in [-0.39, 0.29) is 10.6 Å². The van der Waals surface area contributed by atoms with Gasteiger partial charge in [0.05, 0.1) is 0 Å². The van der Waals surface area contributed by atoms with E-state index in [4.69, 9.17) is 0 Å². The molecular weight excluding hydrogens is 335 g/mol. The van der Waals surface area contributed by atoms with Gasteiger partial charge in [-0.15, -0.1) is 0 Å². The summed E-state index contributed by atoms with van der Waals surface area (Å²) >= 11 is 0. The number of benzene rings is 4. The van der Waals surface area contributed by atoms with Gasteiger partial charge < -0.3 is 0 Å². The van der Waals surface area contributed by atoms with E-state index < -0.39 is 0 Å². The molecule has 4 aromatic carbocycles. The van der Waals surface area contributed by atoms with E-state index in [9.17, 15) is 0 Å². The third kappa shape index (κ3) is 2.62. The van der Waals surface area contributed by atoms with Gasteiger partial charge in [-0.25, -0.2) is 0 Å². The lowest BCUT2D eigenvalue weighted by molar-refractivity contribution is 0.447. The van der Waals surface area contributed by atoms with Gasteiger partial charge in [0.15, 0.2) is 0 Å². The van der Waals surface area contributed by atoms with Crippen LogP contribution in [0.5, 0.6) is 0 Å². The van der Waals surface area contributed by atoms with E-state index in [1.165, 1.54) is 22.3 Å². The average Bonchev–Trinajstić information content (AvgIpc) is 2.76. The maximum atomic E-state index is 2.58. The van der Waals surface area contributed by atoms with Crippen LogP contribution < -0.4 is 0 Å². The van der Waals surface area contributed by atoms with Crippen LogP contribution in [0.1, 0.15) is 28.7 Å². The summed E-state index contributed by atoms with van der Waals surface area (Å²) in [5.74, 6) is 0.